The van der Waals surface area contributed by atoms with Crippen molar-refractivity contribution in [2.45, 2.75) is 18.9 Å². The summed E-state index contributed by atoms with van der Waals surface area (Å²) in [7, 11) is -3.75. The molecule has 0 saturated heterocycles. The van der Waals surface area contributed by atoms with Crippen LogP contribution in [0.25, 0.3) is 0 Å². The van der Waals surface area contributed by atoms with E-state index in [1.54, 1.807) is 18.2 Å². The lowest BCUT2D eigenvalue weighted by atomic mass is 10.3. The van der Waals surface area contributed by atoms with E-state index in [1.165, 1.54) is 12.3 Å². The number of nitrogens with one attached hydrogen (secondary N) is 2. The molecule has 0 amide bonds. The maximum atomic E-state index is 12.2. The Labute approximate surface area is 123 Å². The van der Waals surface area contributed by atoms with E-state index in [0.29, 0.717) is 30.4 Å². The van der Waals surface area contributed by atoms with Gasteiger partial charge in [0.1, 0.15) is 11.5 Å². The highest BCUT2D eigenvalue weighted by Crippen LogP contribution is 2.31. The number of rotatable bonds is 7. The van der Waals surface area contributed by atoms with Gasteiger partial charge in [-0.2, -0.15) is 13.5 Å². The van der Waals surface area contributed by atoms with Crippen molar-refractivity contribution >= 4 is 15.7 Å². The van der Waals surface area contributed by atoms with E-state index in [-0.39, 0.29) is 5.03 Å². The largest absolute Gasteiger partial charge is 0.494 e. The van der Waals surface area contributed by atoms with Gasteiger partial charge in [-0.15, -0.1) is 0 Å². The van der Waals surface area contributed by atoms with Crippen LogP contribution in [0.3, 0.4) is 0 Å². The van der Waals surface area contributed by atoms with Crippen LogP contribution in [0.2, 0.25) is 0 Å². The van der Waals surface area contributed by atoms with Crippen LogP contribution in [0.4, 0.5) is 5.69 Å². The molecule has 0 bridgehead atoms. The average Bonchev–Trinajstić information content (AvgIpc) is 2.97. The van der Waals surface area contributed by atoms with E-state index in [1.807, 2.05) is 13.8 Å². The molecule has 0 radical (unpaired) electrons. The summed E-state index contributed by atoms with van der Waals surface area (Å²) in [4.78, 5) is 0. The van der Waals surface area contributed by atoms with Gasteiger partial charge in [0.05, 0.1) is 25.1 Å². The van der Waals surface area contributed by atoms with E-state index in [0.717, 1.165) is 0 Å². The fourth-order valence-corrected chi connectivity index (χ4v) is 2.69. The molecule has 1 aromatic carbocycles. The summed E-state index contributed by atoms with van der Waals surface area (Å²) in [5.41, 5.74) is 0.317. The number of sulfonamides is 1. The van der Waals surface area contributed by atoms with Crippen LogP contribution in [0.5, 0.6) is 11.5 Å². The first-order chi connectivity index (χ1) is 10.1. The van der Waals surface area contributed by atoms with Gasteiger partial charge in [-0.05, 0) is 32.0 Å². The van der Waals surface area contributed by atoms with Crippen LogP contribution < -0.4 is 14.2 Å². The number of benzene rings is 1. The summed E-state index contributed by atoms with van der Waals surface area (Å²) < 4.78 is 37.7. The fraction of sp³-hybridized carbons (Fsp3) is 0.308. The minimum Gasteiger partial charge on any atom is -0.494 e. The van der Waals surface area contributed by atoms with Gasteiger partial charge in [-0.25, -0.2) is 0 Å². The Morgan fingerprint density at radius 2 is 1.95 bits per heavy atom. The summed E-state index contributed by atoms with van der Waals surface area (Å²) in [6, 6.07) is 6.35. The molecule has 0 unspecified atom stereocenters. The molecule has 0 saturated carbocycles. The maximum absolute atomic E-state index is 12.2. The van der Waals surface area contributed by atoms with Crippen molar-refractivity contribution in [3.05, 3.63) is 30.5 Å². The third-order valence-corrected chi connectivity index (χ3v) is 3.87. The van der Waals surface area contributed by atoms with E-state index < -0.39 is 10.0 Å². The number of ether oxygens (including phenoxy) is 2. The summed E-state index contributed by atoms with van der Waals surface area (Å²) in [6.07, 6.45) is 1.37. The molecule has 0 aliphatic heterocycles. The van der Waals surface area contributed by atoms with Crippen LogP contribution in [-0.2, 0) is 10.0 Å². The van der Waals surface area contributed by atoms with Crippen molar-refractivity contribution in [2.24, 2.45) is 0 Å². The third kappa shape index (κ3) is 3.66. The van der Waals surface area contributed by atoms with Crippen LogP contribution in [0.1, 0.15) is 13.8 Å². The molecule has 2 N–H and O–H groups in total. The quantitative estimate of drug-likeness (QED) is 0.816. The monoisotopic (exact) mass is 311 g/mol. The summed E-state index contributed by atoms with van der Waals surface area (Å²) in [5.74, 6) is 0.993. The smallest absolute Gasteiger partial charge is 0.278 e. The molecule has 0 spiro atoms. The number of hydrogen-bond acceptors (Lipinski definition) is 5. The molecular formula is C13H17N3O4S. The van der Waals surface area contributed by atoms with Crippen LogP contribution in [-0.4, -0.2) is 31.8 Å². The first-order valence-corrected chi connectivity index (χ1v) is 7.97. The van der Waals surface area contributed by atoms with E-state index in [4.69, 9.17) is 9.47 Å². The Hall–Kier alpha value is -2.22. The number of anilines is 1. The first-order valence-electron chi connectivity index (χ1n) is 6.48. The third-order valence-electron chi connectivity index (χ3n) is 2.57. The second kappa shape index (κ2) is 6.49. The number of aromatic nitrogens is 2. The average molecular weight is 311 g/mol. The van der Waals surface area contributed by atoms with E-state index in [2.05, 4.69) is 14.9 Å². The minimum absolute atomic E-state index is 0.0215. The SMILES string of the molecule is CCOc1ccc(OCC)c(NS(=O)(=O)c2ccn[nH]2)c1. The summed E-state index contributed by atoms with van der Waals surface area (Å²) >= 11 is 0. The Morgan fingerprint density at radius 3 is 2.57 bits per heavy atom. The molecule has 7 nitrogen and oxygen atoms in total. The minimum atomic E-state index is -3.75. The predicted molar refractivity (Wildman–Crippen MR) is 78.2 cm³/mol. The molecule has 21 heavy (non-hydrogen) atoms. The lowest BCUT2D eigenvalue weighted by Crippen LogP contribution is -2.14. The number of H-pyrrole nitrogens is 1. The Balaban J connectivity index is 2.34. The Bertz CT molecular complexity index is 683. The van der Waals surface area contributed by atoms with Gasteiger partial charge in [0.2, 0.25) is 0 Å². The van der Waals surface area contributed by atoms with Crippen molar-refractivity contribution < 1.29 is 17.9 Å². The van der Waals surface area contributed by atoms with Crippen molar-refractivity contribution in [1.82, 2.24) is 10.2 Å². The second-order valence-corrected chi connectivity index (χ2v) is 5.70. The molecule has 0 aliphatic rings. The molecule has 8 heteroatoms. The summed E-state index contributed by atoms with van der Waals surface area (Å²) in [5, 5.41) is 6.03. The van der Waals surface area contributed by atoms with Crippen molar-refractivity contribution in [2.75, 3.05) is 17.9 Å². The zero-order valence-electron chi connectivity index (χ0n) is 11.8. The summed E-state index contributed by atoms with van der Waals surface area (Å²) in [6.45, 7) is 4.59. The molecule has 1 heterocycles. The van der Waals surface area contributed by atoms with Crippen LogP contribution in [0.15, 0.2) is 35.5 Å². The molecule has 2 rings (SSSR count). The highest BCUT2D eigenvalue weighted by molar-refractivity contribution is 7.92. The molecular weight excluding hydrogens is 294 g/mol. The molecule has 114 valence electrons. The number of hydrogen-bond donors (Lipinski definition) is 2. The van der Waals surface area contributed by atoms with Gasteiger partial charge in [-0.1, -0.05) is 0 Å². The highest BCUT2D eigenvalue weighted by atomic mass is 32.2. The Kier molecular flexibility index (Phi) is 4.69. The molecule has 2 aromatic rings. The molecule has 0 fully saturated rings. The molecule has 1 aromatic heterocycles. The van der Waals surface area contributed by atoms with Crippen molar-refractivity contribution in [3.63, 3.8) is 0 Å². The fourth-order valence-electron chi connectivity index (χ4n) is 1.72. The van der Waals surface area contributed by atoms with Gasteiger partial charge in [0.15, 0.2) is 5.03 Å². The molecule has 0 atom stereocenters. The van der Waals surface area contributed by atoms with Crippen molar-refractivity contribution in [3.8, 4) is 11.5 Å². The maximum Gasteiger partial charge on any atom is 0.278 e. The number of nitrogens with zero attached hydrogens (tertiary/aromatic N) is 1. The number of aromatic amines is 1. The lowest BCUT2D eigenvalue weighted by molar-refractivity contribution is 0.332. The highest BCUT2D eigenvalue weighted by Gasteiger charge is 2.18. The van der Waals surface area contributed by atoms with Crippen LogP contribution in [0, 0.1) is 0 Å². The second-order valence-electron chi connectivity index (χ2n) is 4.05. The standard InChI is InChI=1S/C13H17N3O4S/c1-3-19-10-5-6-12(20-4-2)11(9-10)16-21(17,18)13-7-8-14-15-13/h5-9,16H,3-4H2,1-2H3,(H,14,15). The van der Waals surface area contributed by atoms with Gasteiger partial charge in [0, 0.05) is 6.07 Å². The molecule has 0 aliphatic carbocycles. The lowest BCUT2D eigenvalue weighted by Gasteiger charge is -2.13. The van der Waals surface area contributed by atoms with Crippen molar-refractivity contribution in [1.29, 1.82) is 0 Å². The Morgan fingerprint density at radius 1 is 1.19 bits per heavy atom. The topological polar surface area (TPSA) is 93.3 Å². The van der Waals surface area contributed by atoms with E-state index >= 15 is 0 Å². The van der Waals surface area contributed by atoms with Gasteiger partial charge in [-0.3, -0.25) is 9.82 Å². The normalized spacial score (nSPS) is 11.1. The van der Waals surface area contributed by atoms with Gasteiger partial charge >= 0.3 is 0 Å². The van der Waals surface area contributed by atoms with Gasteiger partial charge in [0.25, 0.3) is 10.0 Å². The zero-order chi connectivity index (χ0) is 15.3. The van der Waals surface area contributed by atoms with Gasteiger partial charge < -0.3 is 9.47 Å². The van der Waals surface area contributed by atoms with E-state index in [9.17, 15) is 8.42 Å². The first kappa shape index (κ1) is 15.2. The predicted octanol–water partition coefficient (Wildman–Crippen LogP) is 2.01. The van der Waals surface area contributed by atoms with Crippen LogP contribution >= 0.6 is 0 Å². The zero-order valence-corrected chi connectivity index (χ0v) is 12.6.